The molecule has 3 aliphatic rings. The molecule has 3 saturated heterocycles. The molecule has 6 nitrogen and oxygen atoms in total. The largest absolute Gasteiger partial charge is 0.491 e. The van der Waals surface area contributed by atoms with Crippen LogP contribution in [0, 0.1) is 0 Å². The van der Waals surface area contributed by atoms with E-state index in [0.717, 1.165) is 37.8 Å². The smallest absolute Gasteiger partial charge is 0.119 e. The minimum atomic E-state index is 0.284. The maximum absolute atomic E-state index is 5.77. The molecule has 0 radical (unpaired) electrons. The zero-order valence-electron chi connectivity index (χ0n) is 17.7. The Labute approximate surface area is 178 Å². The van der Waals surface area contributed by atoms with Gasteiger partial charge in [0.1, 0.15) is 36.9 Å². The fourth-order valence-electron chi connectivity index (χ4n) is 4.02. The van der Waals surface area contributed by atoms with Crippen LogP contribution in [0.25, 0.3) is 0 Å². The number of nitrogens with zero attached hydrogens (tertiary/aromatic N) is 2. The highest BCUT2D eigenvalue weighted by molar-refractivity contribution is 5.55. The van der Waals surface area contributed by atoms with Crippen molar-refractivity contribution in [2.75, 3.05) is 49.3 Å². The Morgan fingerprint density at radius 1 is 0.700 bits per heavy atom. The highest BCUT2D eigenvalue weighted by Gasteiger charge is 2.30. The fraction of sp³-hybridized carbons (Fsp3) is 0.500. The first kappa shape index (κ1) is 19.5. The number of benzene rings is 2. The van der Waals surface area contributed by atoms with E-state index in [1.807, 2.05) is 0 Å². The van der Waals surface area contributed by atoms with Gasteiger partial charge in [0.15, 0.2) is 0 Å². The van der Waals surface area contributed by atoms with Crippen LogP contribution in [0.4, 0.5) is 11.4 Å². The van der Waals surface area contributed by atoms with Crippen LogP contribution in [0.2, 0.25) is 0 Å². The molecular weight excluding hydrogens is 380 g/mol. The van der Waals surface area contributed by atoms with Crippen LogP contribution < -0.4 is 19.3 Å². The van der Waals surface area contributed by atoms with Gasteiger partial charge in [-0.15, -0.1) is 0 Å². The molecule has 30 heavy (non-hydrogen) atoms. The van der Waals surface area contributed by atoms with Crippen LogP contribution in [0.5, 0.6) is 11.5 Å². The molecule has 6 heteroatoms. The summed E-state index contributed by atoms with van der Waals surface area (Å²) in [5, 5.41) is 0. The minimum Gasteiger partial charge on any atom is -0.491 e. The molecule has 4 unspecified atom stereocenters. The van der Waals surface area contributed by atoms with Gasteiger partial charge in [-0.25, -0.2) is 0 Å². The second-order valence-electron chi connectivity index (χ2n) is 8.52. The highest BCUT2D eigenvalue weighted by atomic mass is 16.6. The zero-order valence-corrected chi connectivity index (χ0v) is 17.7. The van der Waals surface area contributed by atoms with Crippen LogP contribution in [-0.4, -0.2) is 63.8 Å². The predicted octanol–water partition coefficient (Wildman–Crippen LogP) is 3.35. The topological polar surface area (TPSA) is 50.0 Å². The molecule has 160 valence electrons. The van der Waals surface area contributed by atoms with Crippen LogP contribution in [-0.2, 0) is 9.47 Å². The molecule has 3 aliphatic heterocycles. The Kier molecular flexibility index (Phi) is 5.44. The third-order valence-electron chi connectivity index (χ3n) is 6.00. The molecular formula is C24H30N2O4. The maximum atomic E-state index is 5.77. The maximum Gasteiger partial charge on any atom is 0.119 e. The van der Waals surface area contributed by atoms with Crippen molar-refractivity contribution < 1.29 is 18.9 Å². The van der Waals surface area contributed by atoms with Crippen molar-refractivity contribution in [2.24, 2.45) is 0 Å². The lowest BCUT2D eigenvalue weighted by atomic mass is 10.1. The van der Waals surface area contributed by atoms with E-state index in [9.17, 15) is 0 Å². The lowest BCUT2D eigenvalue weighted by molar-refractivity contribution is 0.263. The second kappa shape index (κ2) is 8.36. The number of epoxide rings is 2. The van der Waals surface area contributed by atoms with E-state index >= 15 is 0 Å². The summed E-state index contributed by atoms with van der Waals surface area (Å²) >= 11 is 0. The van der Waals surface area contributed by atoms with Crippen LogP contribution in [0.15, 0.2) is 48.5 Å². The van der Waals surface area contributed by atoms with Gasteiger partial charge in [0, 0.05) is 36.5 Å². The first-order valence-corrected chi connectivity index (χ1v) is 10.9. The van der Waals surface area contributed by atoms with Gasteiger partial charge in [0.2, 0.25) is 0 Å². The summed E-state index contributed by atoms with van der Waals surface area (Å²) in [6.45, 7) is 9.48. The van der Waals surface area contributed by atoms with Crippen molar-refractivity contribution >= 4 is 11.4 Å². The summed E-state index contributed by atoms with van der Waals surface area (Å²) in [5.41, 5.74) is 2.49. The van der Waals surface area contributed by atoms with Gasteiger partial charge in [-0.05, 0) is 62.4 Å². The van der Waals surface area contributed by atoms with Crippen LogP contribution in [0.3, 0.4) is 0 Å². The summed E-state index contributed by atoms with van der Waals surface area (Å²) in [6.07, 6.45) is 0.568. The van der Waals surface area contributed by atoms with E-state index in [4.69, 9.17) is 18.9 Å². The SMILES string of the molecule is CC1CN(c2ccc(OCC3CO3)cc2)C(C)CN1c1ccc(OCC2CO2)cc1. The Hall–Kier alpha value is -2.44. The number of anilines is 2. The van der Waals surface area contributed by atoms with E-state index in [1.165, 1.54) is 11.4 Å². The van der Waals surface area contributed by atoms with Crippen molar-refractivity contribution in [3.63, 3.8) is 0 Å². The van der Waals surface area contributed by atoms with Gasteiger partial charge in [-0.2, -0.15) is 0 Å². The zero-order chi connectivity index (χ0) is 20.5. The van der Waals surface area contributed by atoms with Crippen molar-refractivity contribution in [1.29, 1.82) is 0 Å². The van der Waals surface area contributed by atoms with E-state index < -0.39 is 0 Å². The molecule has 0 bridgehead atoms. The molecule has 0 aliphatic carbocycles. The van der Waals surface area contributed by atoms with Crippen LogP contribution >= 0.6 is 0 Å². The molecule has 0 spiro atoms. The molecule has 0 saturated carbocycles. The normalized spacial score (nSPS) is 27.7. The molecule has 2 aromatic carbocycles. The molecule has 3 fully saturated rings. The number of ether oxygens (including phenoxy) is 4. The number of hydrogen-bond acceptors (Lipinski definition) is 6. The first-order chi connectivity index (χ1) is 14.7. The molecule has 3 heterocycles. The molecule has 4 atom stereocenters. The summed E-state index contributed by atoms with van der Waals surface area (Å²) in [6, 6.07) is 17.7. The lowest BCUT2D eigenvalue weighted by Gasteiger charge is -2.46. The minimum absolute atomic E-state index is 0.284. The van der Waals surface area contributed by atoms with Gasteiger partial charge in [0.05, 0.1) is 13.2 Å². The summed E-state index contributed by atoms with van der Waals surface area (Å²) in [7, 11) is 0. The standard InChI is InChI=1S/C24H30N2O4/c1-17-11-26(20-5-9-22(10-6-20)28-14-24-16-30-24)18(2)12-25(17)19-3-7-21(8-4-19)27-13-23-15-29-23/h3-10,17-18,23-24H,11-16H2,1-2H3. The van der Waals surface area contributed by atoms with Gasteiger partial charge >= 0.3 is 0 Å². The lowest BCUT2D eigenvalue weighted by Crippen LogP contribution is -2.56. The summed E-state index contributed by atoms with van der Waals surface area (Å²) < 4.78 is 21.9. The Balaban J connectivity index is 1.19. The third kappa shape index (κ3) is 4.65. The van der Waals surface area contributed by atoms with E-state index in [0.29, 0.717) is 25.3 Å². The monoisotopic (exact) mass is 410 g/mol. The second-order valence-corrected chi connectivity index (χ2v) is 8.52. The van der Waals surface area contributed by atoms with E-state index in [-0.39, 0.29) is 12.2 Å². The summed E-state index contributed by atoms with van der Waals surface area (Å²) in [5.74, 6) is 1.81. The third-order valence-corrected chi connectivity index (χ3v) is 6.00. The van der Waals surface area contributed by atoms with Crippen LogP contribution in [0.1, 0.15) is 13.8 Å². The number of piperazine rings is 1. The highest BCUT2D eigenvalue weighted by Crippen LogP contribution is 2.30. The molecule has 0 amide bonds. The van der Waals surface area contributed by atoms with Crippen molar-refractivity contribution in [2.45, 2.75) is 38.1 Å². The molecule has 2 aromatic rings. The quantitative estimate of drug-likeness (QED) is 0.622. The van der Waals surface area contributed by atoms with Gasteiger partial charge < -0.3 is 28.7 Å². The number of hydrogen-bond donors (Lipinski definition) is 0. The Bertz CT molecular complexity index is 762. The van der Waals surface area contributed by atoms with E-state index in [2.05, 4.69) is 72.2 Å². The molecule has 0 aromatic heterocycles. The fourth-order valence-corrected chi connectivity index (χ4v) is 4.02. The Morgan fingerprint density at radius 3 is 1.40 bits per heavy atom. The van der Waals surface area contributed by atoms with Gasteiger partial charge in [-0.3, -0.25) is 0 Å². The van der Waals surface area contributed by atoms with Crippen molar-refractivity contribution in [1.82, 2.24) is 0 Å². The van der Waals surface area contributed by atoms with Crippen molar-refractivity contribution in [3.05, 3.63) is 48.5 Å². The van der Waals surface area contributed by atoms with Gasteiger partial charge in [0.25, 0.3) is 0 Å². The average Bonchev–Trinajstić information content (AvgIpc) is 3.68. The summed E-state index contributed by atoms with van der Waals surface area (Å²) in [4.78, 5) is 4.98. The van der Waals surface area contributed by atoms with Crippen molar-refractivity contribution in [3.8, 4) is 11.5 Å². The number of rotatable bonds is 8. The average molecular weight is 411 g/mol. The van der Waals surface area contributed by atoms with E-state index in [1.54, 1.807) is 0 Å². The molecule has 5 rings (SSSR count). The first-order valence-electron chi connectivity index (χ1n) is 10.9. The predicted molar refractivity (Wildman–Crippen MR) is 117 cm³/mol. The van der Waals surface area contributed by atoms with Gasteiger partial charge in [-0.1, -0.05) is 0 Å². The Morgan fingerprint density at radius 2 is 1.07 bits per heavy atom. The molecule has 0 N–H and O–H groups in total.